The third-order valence-corrected chi connectivity index (χ3v) is 2.65. The van der Waals surface area contributed by atoms with Gasteiger partial charge in [0.25, 0.3) is 0 Å². The molecule has 0 radical (unpaired) electrons. The Balaban J connectivity index is 3.40. The fourth-order valence-electron chi connectivity index (χ4n) is 1.62. The number of rotatable bonds is 9. The second-order valence-corrected chi connectivity index (χ2v) is 4.42. The van der Waals surface area contributed by atoms with Crippen LogP contribution in [-0.2, 0) is 4.79 Å². The summed E-state index contributed by atoms with van der Waals surface area (Å²) in [5.41, 5.74) is 0. The highest BCUT2D eigenvalue weighted by Gasteiger charge is 2.12. The van der Waals surface area contributed by atoms with Gasteiger partial charge in [0.1, 0.15) is 0 Å². The van der Waals surface area contributed by atoms with Crippen molar-refractivity contribution in [2.45, 2.75) is 46.0 Å². The molecule has 0 aliphatic carbocycles. The molecule has 0 aromatic carbocycles. The normalized spacial score (nSPS) is 13.1. The lowest BCUT2D eigenvalue weighted by molar-refractivity contribution is -0.141. The van der Waals surface area contributed by atoms with Gasteiger partial charge in [-0.15, -0.1) is 0 Å². The van der Waals surface area contributed by atoms with Crippen molar-refractivity contribution in [3.8, 4) is 0 Å². The lowest BCUT2D eigenvalue weighted by Gasteiger charge is -2.18. The minimum absolute atomic E-state index is 0.259. The molecular formula is C12H25NO2. The molecule has 0 heterocycles. The third kappa shape index (κ3) is 8.43. The summed E-state index contributed by atoms with van der Waals surface area (Å²) >= 11 is 0. The number of aliphatic carboxylic acids is 1. The van der Waals surface area contributed by atoms with Gasteiger partial charge in [-0.2, -0.15) is 0 Å². The van der Waals surface area contributed by atoms with Crippen molar-refractivity contribution in [1.29, 1.82) is 0 Å². The van der Waals surface area contributed by atoms with Crippen LogP contribution >= 0.6 is 0 Å². The minimum atomic E-state index is -0.701. The van der Waals surface area contributed by atoms with Gasteiger partial charge in [0, 0.05) is 6.54 Å². The summed E-state index contributed by atoms with van der Waals surface area (Å²) in [6, 6.07) is 0. The zero-order valence-corrected chi connectivity index (χ0v) is 10.3. The highest BCUT2D eigenvalue weighted by Crippen LogP contribution is 2.04. The van der Waals surface area contributed by atoms with E-state index in [1.54, 1.807) is 6.92 Å². The maximum absolute atomic E-state index is 10.6. The average molecular weight is 215 g/mol. The molecule has 0 saturated heterocycles. The summed E-state index contributed by atoms with van der Waals surface area (Å²) in [5, 5.41) is 8.75. The molecule has 0 aromatic rings. The van der Waals surface area contributed by atoms with Crippen LogP contribution in [0.2, 0.25) is 0 Å². The van der Waals surface area contributed by atoms with E-state index < -0.39 is 5.97 Å². The lowest BCUT2D eigenvalue weighted by atomic mass is 10.1. The highest BCUT2D eigenvalue weighted by molar-refractivity contribution is 5.69. The Morgan fingerprint density at radius 1 is 1.27 bits per heavy atom. The number of unbranched alkanes of at least 4 members (excludes halogenated alkanes) is 4. The van der Waals surface area contributed by atoms with E-state index in [2.05, 4.69) is 11.8 Å². The molecule has 90 valence electrons. The van der Waals surface area contributed by atoms with Crippen LogP contribution in [0.25, 0.3) is 0 Å². The first-order valence-corrected chi connectivity index (χ1v) is 5.99. The second kappa shape index (κ2) is 8.72. The van der Waals surface area contributed by atoms with Crippen LogP contribution in [-0.4, -0.2) is 36.1 Å². The summed E-state index contributed by atoms with van der Waals surface area (Å²) in [6.07, 6.45) is 6.34. The minimum Gasteiger partial charge on any atom is -0.481 e. The largest absolute Gasteiger partial charge is 0.481 e. The molecule has 0 bridgehead atoms. The smallest absolute Gasteiger partial charge is 0.307 e. The van der Waals surface area contributed by atoms with Gasteiger partial charge in [-0.3, -0.25) is 4.79 Å². The molecule has 3 nitrogen and oxygen atoms in total. The first-order valence-electron chi connectivity index (χ1n) is 5.99. The average Bonchev–Trinajstić information content (AvgIpc) is 2.17. The highest BCUT2D eigenvalue weighted by atomic mass is 16.4. The van der Waals surface area contributed by atoms with E-state index in [-0.39, 0.29) is 5.92 Å². The molecular weight excluding hydrogens is 190 g/mol. The predicted molar refractivity (Wildman–Crippen MR) is 63.1 cm³/mol. The van der Waals surface area contributed by atoms with Crippen LogP contribution in [0.1, 0.15) is 46.0 Å². The van der Waals surface area contributed by atoms with E-state index in [1.807, 2.05) is 7.05 Å². The van der Waals surface area contributed by atoms with Crippen molar-refractivity contribution in [3.63, 3.8) is 0 Å². The Morgan fingerprint density at radius 2 is 1.87 bits per heavy atom. The number of carbonyl (C=O) groups is 1. The molecule has 0 aromatic heterocycles. The van der Waals surface area contributed by atoms with Crippen LogP contribution in [0.15, 0.2) is 0 Å². The zero-order chi connectivity index (χ0) is 11.7. The van der Waals surface area contributed by atoms with Crippen molar-refractivity contribution in [2.75, 3.05) is 20.1 Å². The Bertz CT molecular complexity index is 171. The van der Waals surface area contributed by atoms with Crippen molar-refractivity contribution in [3.05, 3.63) is 0 Å². The molecule has 0 amide bonds. The maximum atomic E-state index is 10.6. The fraction of sp³-hybridized carbons (Fsp3) is 0.917. The van der Waals surface area contributed by atoms with E-state index >= 15 is 0 Å². The van der Waals surface area contributed by atoms with Gasteiger partial charge in [0.2, 0.25) is 0 Å². The first kappa shape index (κ1) is 14.4. The Hall–Kier alpha value is -0.570. The SMILES string of the molecule is CCCCCCCN(C)CC(C)C(=O)O. The molecule has 15 heavy (non-hydrogen) atoms. The zero-order valence-electron chi connectivity index (χ0n) is 10.3. The van der Waals surface area contributed by atoms with Crippen molar-refractivity contribution < 1.29 is 9.90 Å². The topological polar surface area (TPSA) is 40.5 Å². The van der Waals surface area contributed by atoms with Crippen LogP contribution in [0.5, 0.6) is 0 Å². The van der Waals surface area contributed by atoms with Crippen molar-refractivity contribution in [1.82, 2.24) is 4.90 Å². The molecule has 0 fully saturated rings. The summed E-state index contributed by atoms with van der Waals surface area (Å²) in [6.45, 7) is 5.64. The van der Waals surface area contributed by atoms with Gasteiger partial charge < -0.3 is 10.0 Å². The molecule has 1 N–H and O–H groups in total. The lowest BCUT2D eigenvalue weighted by Crippen LogP contribution is -2.29. The molecule has 3 heteroatoms. The molecule has 1 unspecified atom stereocenters. The quantitative estimate of drug-likeness (QED) is 0.601. The van der Waals surface area contributed by atoms with Gasteiger partial charge in [0.15, 0.2) is 0 Å². The molecule has 0 spiro atoms. The van der Waals surface area contributed by atoms with Crippen LogP contribution in [0, 0.1) is 5.92 Å². The number of nitrogens with zero attached hydrogens (tertiary/aromatic N) is 1. The number of carboxylic acids is 1. The molecule has 0 aliphatic rings. The Kier molecular flexibility index (Phi) is 8.38. The van der Waals surface area contributed by atoms with Gasteiger partial charge in [-0.25, -0.2) is 0 Å². The van der Waals surface area contributed by atoms with Crippen molar-refractivity contribution >= 4 is 5.97 Å². The van der Waals surface area contributed by atoms with E-state index in [1.165, 1.54) is 32.1 Å². The van der Waals surface area contributed by atoms with E-state index in [0.717, 1.165) is 6.54 Å². The summed E-state index contributed by atoms with van der Waals surface area (Å²) < 4.78 is 0. The second-order valence-electron chi connectivity index (χ2n) is 4.42. The standard InChI is InChI=1S/C12H25NO2/c1-4-5-6-7-8-9-13(3)10-11(2)12(14)15/h11H,4-10H2,1-3H3,(H,14,15). The molecule has 0 aliphatic heterocycles. The predicted octanol–water partition coefficient (Wildman–Crippen LogP) is 2.61. The Morgan fingerprint density at radius 3 is 2.40 bits per heavy atom. The van der Waals surface area contributed by atoms with Gasteiger partial charge in [-0.1, -0.05) is 39.5 Å². The van der Waals surface area contributed by atoms with Gasteiger partial charge in [0.05, 0.1) is 5.92 Å². The monoisotopic (exact) mass is 215 g/mol. The number of carboxylic acid groups (broad SMARTS) is 1. The number of hydrogen-bond acceptors (Lipinski definition) is 2. The van der Waals surface area contributed by atoms with E-state index in [9.17, 15) is 4.79 Å². The van der Waals surface area contributed by atoms with Crippen molar-refractivity contribution in [2.24, 2.45) is 5.92 Å². The van der Waals surface area contributed by atoms with Gasteiger partial charge >= 0.3 is 5.97 Å². The van der Waals surface area contributed by atoms with Gasteiger partial charge in [-0.05, 0) is 20.0 Å². The Labute approximate surface area is 93.5 Å². The molecule has 0 rings (SSSR count). The first-order chi connectivity index (χ1) is 7.07. The summed E-state index contributed by atoms with van der Waals surface area (Å²) in [5.74, 6) is -0.960. The van der Waals surface area contributed by atoms with Crippen LogP contribution in [0.3, 0.4) is 0 Å². The fourth-order valence-corrected chi connectivity index (χ4v) is 1.62. The summed E-state index contributed by atoms with van der Waals surface area (Å²) in [7, 11) is 2.00. The van der Waals surface area contributed by atoms with Crippen LogP contribution in [0.4, 0.5) is 0 Å². The molecule has 1 atom stereocenters. The summed E-state index contributed by atoms with van der Waals surface area (Å²) in [4.78, 5) is 12.7. The van der Waals surface area contributed by atoms with Crippen LogP contribution < -0.4 is 0 Å². The third-order valence-electron chi connectivity index (χ3n) is 2.65. The van der Waals surface area contributed by atoms with E-state index in [4.69, 9.17) is 5.11 Å². The van der Waals surface area contributed by atoms with E-state index in [0.29, 0.717) is 6.54 Å². The maximum Gasteiger partial charge on any atom is 0.307 e. The number of hydrogen-bond donors (Lipinski definition) is 1. The molecule has 0 saturated carbocycles.